The quantitative estimate of drug-likeness (QED) is 0.0713. The molecule has 0 amide bonds. The zero-order chi connectivity index (χ0) is 59.5. The van der Waals surface area contributed by atoms with Gasteiger partial charge in [-0.05, 0) is 235 Å². The van der Waals surface area contributed by atoms with Crippen molar-refractivity contribution in [2.75, 3.05) is 13.2 Å². The second-order valence-electron chi connectivity index (χ2n) is 28.7. The van der Waals surface area contributed by atoms with Gasteiger partial charge in [0.25, 0.3) is 0 Å². The Balaban J connectivity index is 0.722. The Morgan fingerprint density at radius 3 is 1.23 bits per heavy atom. The molecule has 8 aliphatic rings. The Morgan fingerprint density at radius 1 is 0.469 bits per heavy atom. The molecule has 21 atom stereocenters. The maximum absolute atomic E-state index is 13.9. The van der Waals surface area contributed by atoms with E-state index in [1.807, 2.05) is 13.8 Å². The van der Waals surface area contributed by atoms with Crippen LogP contribution in [-0.2, 0) is 47.7 Å². The smallest absolute Gasteiger partial charge is 0.417 e. The first-order valence-corrected chi connectivity index (χ1v) is 31.2. The molecule has 8 fully saturated rings. The lowest BCUT2D eigenvalue weighted by Gasteiger charge is -2.62. The van der Waals surface area contributed by atoms with Crippen molar-refractivity contribution in [3.05, 3.63) is 0 Å². The molecule has 0 aliphatic heterocycles. The van der Waals surface area contributed by atoms with Crippen molar-refractivity contribution >= 4 is 29.8 Å². The summed E-state index contributed by atoms with van der Waals surface area (Å²) in [5, 5.41) is 21.3. The van der Waals surface area contributed by atoms with Crippen LogP contribution in [0.4, 0.5) is 26.3 Å². The largest absolute Gasteiger partial charge is 0.462 e. The summed E-state index contributed by atoms with van der Waals surface area (Å²) in [6.45, 7) is 17.6. The van der Waals surface area contributed by atoms with Crippen LogP contribution in [0.5, 0.6) is 0 Å². The third-order valence-electron chi connectivity index (χ3n) is 24.8. The number of aliphatic hydroxyl groups is 2. The average molecular weight is 1160 g/mol. The van der Waals surface area contributed by atoms with Crippen molar-refractivity contribution < 1.29 is 84.2 Å². The van der Waals surface area contributed by atoms with E-state index >= 15 is 0 Å². The van der Waals surface area contributed by atoms with E-state index in [-0.39, 0.29) is 122 Å². The molecule has 0 aromatic heterocycles. The van der Waals surface area contributed by atoms with Crippen molar-refractivity contribution in [3.63, 3.8) is 0 Å². The number of halogens is 6. The lowest BCUT2D eigenvalue weighted by molar-refractivity contribution is -0.290. The van der Waals surface area contributed by atoms with Gasteiger partial charge < -0.3 is 33.9 Å². The molecule has 2 unspecified atom stereocenters. The van der Waals surface area contributed by atoms with Crippen molar-refractivity contribution in [3.8, 4) is 0 Å². The molecule has 8 aliphatic carbocycles. The summed E-state index contributed by atoms with van der Waals surface area (Å²) < 4.78 is 111. The number of hydrogen-bond donors (Lipinski definition) is 2. The van der Waals surface area contributed by atoms with Gasteiger partial charge in [0.05, 0.1) is 0 Å². The van der Waals surface area contributed by atoms with Gasteiger partial charge >= 0.3 is 42.2 Å². The second kappa shape index (κ2) is 24.0. The van der Waals surface area contributed by atoms with E-state index in [1.165, 1.54) is 6.92 Å². The van der Waals surface area contributed by atoms with Crippen LogP contribution >= 0.6 is 0 Å². The molecule has 0 spiro atoms. The maximum Gasteiger partial charge on any atom is 0.417 e. The molecule has 0 aromatic rings. The van der Waals surface area contributed by atoms with Gasteiger partial charge in [0, 0.05) is 32.6 Å². The Bertz CT molecular complexity index is 2280. The van der Waals surface area contributed by atoms with E-state index in [1.54, 1.807) is 0 Å². The zero-order valence-electron chi connectivity index (χ0n) is 49.8. The van der Waals surface area contributed by atoms with E-state index in [0.29, 0.717) is 73.0 Å². The van der Waals surface area contributed by atoms with Crippen LogP contribution in [0.1, 0.15) is 216 Å². The molecule has 0 aromatic carbocycles. The fraction of sp³-hybridized carbons (Fsp3) is 0.921. The van der Waals surface area contributed by atoms with Gasteiger partial charge in [-0.15, -0.1) is 0 Å². The molecule has 2 N–H and O–H groups in total. The summed E-state index contributed by atoms with van der Waals surface area (Å²) in [6.07, 6.45) is -0.318. The van der Waals surface area contributed by atoms with Gasteiger partial charge in [0.2, 0.25) is 0 Å². The Kier molecular flexibility index (Phi) is 18.9. The van der Waals surface area contributed by atoms with Crippen LogP contribution in [0.2, 0.25) is 0 Å². The third kappa shape index (κ3) is 12.6. The number of hydrogen-bond acceptors (Lipinski definition) is 12. The minimum Gasteiger partial charge on any atom is -0.462 e. The van der Waals surface area contributed by atoms with E-state index in [0.717, 1.165) is 64.2 Å². The summed E-state index contributed by atoms with van der Waals surface area (Å²) in [7, 11) is 0. The topological polar surface area (TPSA) is 172 Å². The average Bonchev–Trinajstić information content (AvgIpc) is 4.12. The van der Waals surface area contributed by atoms with Crippen molar-refractivity contribution in [2.45, 2.75) is 258 Å². The molecule has 0 bridgehead atoms. The first-order valence-electron chi connectivity index (χ1n) is 31.2. The summed E-state index contributed by atoms with van der Waals surface area (Å²) in [5.41, 5.74) is -5.64. The van der Waals surface area contributed by atoms with Crippen LogP contribution in [0.25, 0.3) is 0 Å². The number of esters is 5. The summed E-state index contributed by atoms with van der Waals surface area (Å²) >= 11 is 0. The molecule has 462 valence electrons. The highest BCUT2D eigenvalue weighted by Gasteiger charge is 2.67. The summed E-state index contributed by atoms with van der Waals surface area (Å²) in [4.78, 5) is 63.8. The van der Waals surface area contributed by atoms with E-state index < -0.39 is 72.2 Å². The Labute approximate surface area is 476 Å². The number of alkyl halides is 6. The van der Waals surface area contributed by atoms with E-state index in [2.05, 4.69) is 41.5 Å². The molecule has 0 saturated heterocycles. The molecular weight excluding hydrogens is 1060 g/mol. The van der Waals surface area contributed by atoms with Crippen LogP contribution in [0, 0.1) is 92.7 Å². The van der Waals surface area contributed by atoms with Gasteiger partial charge in [-0.3, -0.25) is 24.0 Å². The van der Waals surface area contributed by atoms with E-state index in [9.17, 15) is 60.5 Å². The zero-order valence-corrected chi connectivity index (χ0v) is 49.8. The van der Waals surface area contributed by atoms with Crippen LogP contribution in [0.3, 0.4) is 0 Å². The van der Waals surface area contributed by atoms with Crippen molar-refractivity contribution in [1.29, 1.82) is 0 Å². The standard InChI is InChI=1S/C63H96F6O12/c1-36(46-20-22-48-44-18-16-41-32-60(75,62(64,65)66)30-28-56(41,6)50(44)24-26-58(46,48)8)38(3)79-53(72)13-10-12-52(71)78-35-43(34-77-40(5)70)81-55(74)15-11-14-54(73)80-39(4)37(2)47-21-23-49-45-19-17-42-33-61(76,63(67,68)69)31-29-57(42,7)51(45)25-27-59(47,49)9/h36-39,41-51,75-76H,10-35H2,1-9H3/t36-,37-,38-,39-,41-,42-,43?,44+,45+,46?,47-,48+,49+,50+,51+,56+,57+,58-,59-,60-,61-/m1/s1. The molecular formula is C63H96F6O12. The number of carbonyl (C=O) groups excluding carboxylic acids is 5. The number of fused-ring (bicyclic) bond motifs is 10. The molecule has 0 heterocycles. The summed E-state index contributed by atoms with van der Waals surface area (Å²) in [6, 6.07) is 0. The van der Waals surface area contributed by atoms with Gasteiger partial charge in [-0.2, -0.15) is 26.3 Å². The molecule has 0 radical (unpaired) electrons. The first kappa shape index (κ1) is 63.9. The number of rotatable bonds is 19. The van der Waals surface area contributed by atoms with Crippen LogP contribution in [-0.4, -0.2) is 95.1 Å². The van der Waals surface area contributed by atoms with Crippen LogP contribution < -0.4 is 0 Å². The fourth-order valence-electron chi connectivity index (χ4n) is 19.8. The fourth-order valence-corrected chi connectivity index (χ4v) is 19.8. The first-order chi connectivity index (χ1) is 37.7. The highest BCUT2D eigenvalue weighted by molar-refractivity contribution is 5.74. The van der Waals surface area contributed by atoms with Gasteiger partial charge in [-0.1, -0.05) is 41.5 Å². The third-order valence-corrected chi connectivity index (χ3v) is 24.8. The van der Waals surface area contributed by atoms with Gasteiger partial charge in [0.1, 0.15) is 25.4 Å². The predicted octanol–water partition coefficient (Wildman–Crippen LogP) is 13.4. The summed E-state index contributed by atoms with van der Waals surface area (Å²) in [5.74, 6) is -0.0883. The number of ether oxygens (including phenoxy) is 5. The molecule has 12 nitrogen and oxygen atoms in total. The number of carbonyl (C=O) groups is 5. The van der Waals surface area contributed by atoms with Crippen molar-refractivity contribution in [2.24, 2.45) is 92.7 Å². The second-order valence-corrected chi connectivity index (χ2v) is 28.7. The Hall–Kier alpha value is -3.15. The minimum atomic E-state index is -4.63. The van der Waals surface area contributed by atoms with Crippen molar-refractivity contribution in [1.82, 2.24) is 0 Å². The monoisotopic (exact) mass is 1160 g/mol. The van der Waals surface area contributed by atoms with Gasteiger partial charge in [-0.25, -0.2) is 0 Å². The normalized spacial score (nSPS) is 41.0. The van der Waals surface area contributed by atoms with E-state index in [4.69, 9.17) is 23.7 Å². The minimum absolute atomic E-state index is 0.00661. The predicted molar refractivity (Wildman–Crippen MR) is 287 cm³/mol. The lowest BCUT2D eigenvalue weighted by atomic mass is 9.43. The molecule has 18 heteroatoms. The lowest BCUT2D eigenvalue weighted by Crippen LogP contribution is -2.59. The highest BCUT2D eigenvalue weighted by atomic mass is 19.4. The SMILES string of the molecule is CC(=O)OCC(COC(=O)CCCC(=O)O[C@H](C)[C@@H](C)C1CC[C@H]2[C@@H]3CC[C@@H]4C[C@@](O)(C(F)(F)F)CC[C@]4(C)[C@H]3CC[C@]12C)OC(=O)CCCC(=O)O[C@H](C)[C@@H](C)[C@H]1CC[C@H]2[C@@H]3CC[C@@H]4C[C@@](O)(C(F)(F)F)CC[C@]4(C)[C@H]3CC[C@]12C. The molecule has 81 heavy (non-hydrogen) atoms. The van der Waals surface area contributed by atoms with Crippen LogP contribution in [0.15, 0.2) is 0 Å². The molecule has 8 saturated carbocycles. The Morgan fingerprint density at radius 2 is 0.840 bits per heavy atom. The maximum atomic E-state index is 13.9. The van der Waals surface area contributed by atoms with Gasteiger partial charge in [0.15, 0.2) is 17.3 Å². The molecule has 8 rings (SSSR count). The highest BCUT2D eigenvalue weighted by Crippen LogP contribution is 2.71.